The van der Waals surface area contributed by atoms with Crippen molar-refractivity contribution in [2.24, 2.45) is 0 Å². The molecule has 140 valence electrons. The van der Waals surface area contributed by atoms with Crippen LogP contribution in [0.4, 0.5) is 11.4 Å². The van der Waals surface area contributed by atoms with E-state index in [0.717, 1.165) is 18.7 Å². The Morgan fingerprint density at radius 2 is 2.00 bits per heavy atom. The Bertz CT molecular complexity index is 930. The molecular formula is C18H15ClN2O6. The lowest BCUT2D eigenvalue weighted by Crippen LogP contribution is -2.34. The number of carbonyl (C=O) groups excluding carboxylic acids is 2. The van der Waals surface area contributed by atoms with Crippen molar-refractivity contribution in [3.8, 4) is 0 Å². The normalized spacial score (nSPS) is 13.5. The average molecular weight is 391 g/mol. The zero-order valence-corrected chi connectivity index (χ0v) is 15.1. The highest BCUT2D eigenvalue weighted by Crippen LogP contribution is 2.29. The summed E-state index contributed by atoms with van der Waals surface area (Å²) in [6.45, 7) is 0.841. The fourth-order valence-electron chi connectivity index (χ4n) is 2.86. The summed E-state index contributed by atoms with van der Waals surface area (Å²) in [6, 6.07) is 8.54. The second kappa shape index (κ2) is 7.73. The number of nitro benzene ring substituents is 1. The van der Waals surface area contributed by atoms with E-state index in [0.29, 0.717) is 23.9 Å². The van der Waals surface area contributed by atoms with E-state index in [1.807, 2.05) is 0 Å². The molecule has 0 aliphatic carbocycles. The quantitative estimate of drug-likeness (QED) is 0.453. The molecule has 0 unspecified atom stereocenters. The Morgan fingerprint density at radius 1 is 1.22 bits per heavy atom. The number of methoxy groups -OCH3 is 1. The van der Waals surface area contributed by atoms with E-state index in [1.54, 1.807) is 18.2 Å². The summed E-state index contributed by atoms with van der Waals surface area (Å²) < 4.78 is 10.2. The zero-order valence-electron chi connectivity index (χ0n) is 14.3. The molecule has 3 rings (SSSR count). The molecule has 0 N–H and O–H groups in total. The molecule has 9 heteroatoms. The van der Waals surface area contributed by atoms with Crippen LogP contribution in [0.3, 0.4) is 0 Å². The van der Waals surface area contributed by atoms with Crippen LogP contribution in [-0.2, 0) is 16.1 Å². The topological polar surface area (TPSA) is 99.0 Å². The summed E-state index contributed by atoms with van der Waals surface area (Å²) in [5.41, 5.74) is 0.872. The lowest BCUT2D eigenvalue weighted by Gasteiger charge is -2.23. The third kappa shape index (κ3) is 3.76. The Balaban J connectivity index is 2.08. The summed E-state index contributed by atoms with van der Waals surface area (Å²) >= 11 is 6.02. The predicted octanol–water partition coefficient (Wildman–Crippen LogP) is 3.21. The first-order chi connectivity index (χ1) is 12.9. The molecule has 8 nitrogen and oxygen atoms in total. The number of nitrogens with zero attached hydrogens (tertiary/aromatic N) is 2. The van der Waals surface area contributed by atoms with Gasteiger partial charge in [0.25, 0.3) is 11.6 Å². The molecule has 0 atom stereocenters. The Labute approximate surface area is 159 Å². The minimum atomic E-state index is -0.829. The molecule has 0 spiro atoms. The molecular weight excluding hydrogens is 376 g/mol. The van der Waals surface area contributed by atoms with E-state index in [2.05, 4.69) is 4.74 Å². The molecule has 0 fully saturated rings. The lowest BCUT2D eigenvalue weighted by atomic mass is 10.0. The van der Waals surface area contributed by atoms with Crippen LogP contribution < -0.4 is 4.90 Å². The number of benzene rings is 2. The largest absolute Gasteiger partial charge is 0.465 e. The van der Waals surface area contributed by atoms with E-state index in [-0.39, 0.29) is 23.4 Å². The summed E-state index contributed by atoms with van der Waals surface area (Å²) in [7, 11) is 1.15. The van der Waals surface area contributed by atoms with Gasteiger partial charge in [0.05, 0.1) is 36.4 Å². The summed E-state index contributed by atoms with van der Waals surface area (Å²) in [5.74, 6) is -1.32. The van der Waals surface area contributed by atoms with Gasteiger partial charge in [-0.15, -0.1) is 0 Å². The first-order valence-electron chi connectivity index (χ1n) is 7.97. The molecule has 1 heterocycles. The SMILES string of the molecule is COC(=O)c1cc([N+](=O)[O-])ccc1C(=O)N1CCOCc2cc(Cl)ccc21. The molecule has 0 aromatic heterocycles. The summed E-state index contributed by atoms with van der Waals surface area (Å²) in [6.07, 6.45) is 0. The maximum absolute atomic E-state index is 13.2. The Morgan fingerprint density at radius 3 is 2.70 bits per heavy atom. The number of anilines is 1. The Hall–Kier alpha value is -2.97. The highest BCUT2D eigenvalue weighted by atomic mass is 35.5. The van der Waals surface area contributed by atoms with Crippen LogP contribution in [0.25, 0.3) is 0 Å². The van der Waals surface area contributed by atoms with Gasteiger partial charge in [0.2, 0.25) is 0 Å². The monoisotopic (exact) mass is 390 g/mol. The third-order valence-corrected chi connectivity index (χ3v) is 4.38. The van der Waals surface area contributed by atoms with Crippen molar-refractivity contribution in [2.45, 2.75) is 6.61 Å². The molecule has 1 aliphatic rings. The van der Waals surface area contributed by atoms with Crippen molar-refractivity contribution < 1.29 is 24.0 Å². The highest BCUT2D eigenvalue weighted by molar-refractivity contribution is 6.30. The van der Waals surface area contributed by atoms with Gasteiger partial charge in [0.1, 0.15) is 0 Å². The van der Waals surface area contributed by atoms with Gasteiger partial charge in [-0.25, -0.2) is 4.79 Å². The van der Waals surface area contributed by atoms with E-state index in [9.17, 15) is 19.7 Å². The number of rotatable bonds is 3. The van der Waals surface area contributed by atoms with Crippen molar-refractivity contribution in [3.63, 3.8) is 0 Å². The van der Waals surface area contributed by atoms with Crippen LogP contribution in [0, 0.1) is 10.1 Å². The minimum absolute atomic E-state index is 0.00949. The smallest absolute Gasteiger partial charge is 0.338 e. The number of carbonyl (C=O) groups is 2. The van der Waals surface area contributed by atoms with Crippen LogP contribution in [0.2, 0.25) is 5.02 Å². The number of non-ortho nitro benzene ring substituents is 1. The maximum Gasteiger partial charge on any atom is 0.338 e. The number of halogens is 1. The van der Waals surface area contributed by atoms with Crippen molar-refractivity contribution in [3.05, 3.63) is 68.2 Å². The standard InChI is InChI=1S/C18H15ClN2O6/c1-26-18(23)15-9-13(21(24)25)3-4-14(15)17(22)20-6-7-27-10-11-8-12(19)2-5-16(11)20/h2-5,8-9H,6-7,10H2,1H3. The van der Waals surface area contributed by atoms with Gasteiger partial charge in [0, 0.05) is 35.0 Å². The number of ether oxygens (including phenoxy) is 2. The average Bonchev–Trinajstić information content (AvgIpc) is 2.88. The van der Waals surface area contributed by atoms with Crippen LogP contribution in [0.1, 0.15) is 26.3 Å². The van der Waals surface area contributed by atoms with Crippen molar-refractivity contribution in [1.29, 1.82) is 0 Å². The highest BCUT2D eigenvalue weighted by Gasteiger charge is 2.28. The molecule has 1 aliphatic heterocycles. The van der Waals surface area contributed by atoms with Crippen molar-refractivity contribution in [1.82, 2.24) is 0 Å². The number of hydrogen-bond donors (Lipinski definition) is 0. The lowest BCUT2D eigenvalue weighted by molar-refractivity contribution is -0.384. The van der Waals surface area contributed by atoms with Gasteiger partial charge in [0.15, 0.2) is 0 Å². The van der Waals surface area contributed by atoms with Crippen molar-refractivity contribution >= 4 is 34.9 Å². The minimum Gasteiger partial charge on any atom is -0.465 e. The van der Waals surface area contributed by atoms with Gasteiger partial charge >= 0.3 is 5.97 Å². The molecule has 2 aromatic carbocycles. The number of hydrogen-bond acceptors (Lipinski definition) is 6. The fourth-order valence-corrected chi connectivity index (χ4v) is 3.05. The second-order valence-electron chi connectivity index (χ2n) is 5.76. The summed E-state index contributed by atoms with van der Waals surface area (Å²) in [4.78, 5) is 37.1. The van der Waals surface area contributed by atoms with Crippen molar-refractivity contribution in [2.75, 3.05) is 25.2 Å². The number of nitro groups is 1. The molecule has 0 saturated carbocycles. The van der Waals surface area contributed by atoms with Crippen LogP contribution in [0.15, 0.2) is 36.4 Å². The first kappa shape index (κ1) is 18.8. The van der Waals surface area contributed by atoms with Gasteiger partial charge in [-0.1, -0.05) is 11.6 Å². The number of fused-ring (bicyclic) bond motifs is 1. The molecule has 2 aromatic rings. The van der Waals surface area contributed by atoms with Gasteiger partial charge < -0.3 is 14.4 Å². The van der Waals surface area contributed by atoms with Gasteiger partial charge in [-0.3, -0.25) is 14.9 Å². The first-order valence-corrected chi connectivity index (χ1v) is 8.35. The Kier molecular flexibility index (Phi) is 5.38. The molecule has 0 radical (unpaired) electrons. The van der Waals surface area contributed by atoms with E-state index < -0.39 is 16.8 Å². The van der Waals surface area contributed by atoms with E-state index in [1.165, 1.54) is 17.0 Å². The van der Waals surface area contributed by atoms with Gasteiger partial charge in [-0.05, 0) is 24.3 Å². The zero-order chi connectivity index (χ0) is 19.6. The van der Waals surface area contributed by atoms with Crippen LogP contribution in [0.5, 0.6) is 0 Å². The number of esters is 1. The molecule has 0 bridgehead atoms. The molecule has 27 heavy (non-hydrogen) atoms. The molecule has 1 amide bonds. The van der Waals surface area contributed by atoms with E-state index in [4.69, 9.17) is 16.3 Å². The molecule has 0 saturated heterocycles. The number of amides is 1. The fraction of sp³-hybridized carbons (Fsp3) is 0.222. The van der Waals surface area contributed by atoms with Crippen LogP contribution in [-0.4, -0.2) is 37.1 Å². The van der Waals surface area contributed by atoms with Gasteiger partial charge in [-0.2, -0.15) is 0 Å². The van der Waals surface area contributed by atoms with E-state index >= 15 is 0 Å². The third-order valence-electron chi connectivity index (χ3n) is 4.14. The second-order valence-corrected chi connectivity index (χ2v) is 6.20. The van der Waals surface area contributed by atoms with Crippen LogP contribution >= 0.6 is 11.6 Å². The maximum atomic E-state index is 13.2. The summed E-state index contributed by atoms with van der Waals surface area (Å²) in [5, 5.41) is 11.5. The predicted molar refractivity (Wildman–Crippen MR) is 97.2 cm³/mol.